The van der Waals surface area contributed by atoms with E-state index in [2.05, 4.69) is 16.2 Å². The highest BCUT2D eigenvalue weighted by Gasteiger charge is 2.19. The molecule has 0 radical (unpaired) electrons. The van der Waals surface area contributed by atoms with Gasteiger partial charge in [0.05, 0.1) is 11.0 Å². The maximum absolute atomic E-state index is 10.8. The van der Waals surface area contributed by atoms with E-state index in [9.17, 15) is 14.9 Å². The minimum atomic E-state index is -1.26. The summed E-state index contributed by atoms with van der Waals surface area (Å²) in [4.78, 5) is 24.6. The van der Waals surface area contributed by atoms with Crippen molar-refractivity contribution >= 4 is 17.5 Å². The molecule has 7 heteroatoms. The Balaban J connectivity index is 3.20. The van der Waals surface area contributed by atoms with Crippen LogP contribution < -0.4 is 5.32 Å². The number of hydrogen-bond acceptors (Lipinski definition) is 5. The van der Waals surface area contributed by atoms with Gasteiger partial charge in [-0.15, -0.1) is 6.42 Å². The van der Waals surface area contributed by atoms with Crippen LogP contribution in [0, 0.1) is 22.5 Å². The number of nitrogens with one attached hydrogen (secondary N) is 1. The molecule has 1 rings (SSSR count). The number of terminal acetylenes is 1. The van der Waals surface area contributed by atoms with Crippen LogP contribution in [0.2, 0.25) is 0 Å². The molecule has 1 atom stereocenters. The Kier molecular flexibility index (Phi) is 4.21. The highest BCUT2D eigenvalue weighted by atomic mass is 16.6. The van der Waals surface area contributed by atoms with Crippen LogP contribution in [0.25, 0.3) is 0 Å². The number of carbonyl (C=O) groups is 1. The van der Waals surface area contributed by atoms with Gasteiger partial charge in [0.1, 0.15) is 0 Å². The monoisotopic (exact) mass is 249 g/mol. The van der Waals surface area contributed by atoms with Crippen LogP contribution in [0.1, 0.15) is 23.8 Å². The van der Waals surface area contributed by atoms with Gasteiger partial charge >= 0.3 is 11.7 Å². The molecule has 1 unspecified atom stereocenters. The van der Waals surface area contributed by atoms with E-state index >= 15 is 0 Å². The van der Waals surface area contributed by atoms with E-state index in [1.54, 1.807) is 6.92 Å². The molecule has 0 bridgehead atoms. The molecule has 0 fully saturated rings. The summed E-state index contributed by atoms with van der Waals surface area (Å²) in [5, 5.41) is 22.2. The Labute approximate surface area is 103 Å². The number of aromatic carboxylic acids is 1. The van der Waals surface area contributed by atoms with E-state index in [1.807, 2.05) is 0 Å². The molecule has 0 amide bonds. The molecule has 1 aromatic heterocycles. The number of nitro groups is 1. The molecule has 2 N–H and O–H groups in total. The lowest BCUT2D eigenvalue weighted by Crippen LogP contribution is -2.18. The molecule has 0 aliphatic rings. The van der Waals surface area contributed by atoms with Crippen molar-refractivity contribution in [3.05, 3.63) is 27.9 Å². The third kappa shape index (κ3) is 2.95. The van der Waals surface area contributed by atoms with Gasteiger partial charge in [-0.1, -0.05) is 12.8 Å². The summed E-state index contributed by atoms with van der Waals surface area (Å²) in [5.41, 5.74) is -0.594. The van der Waals surface area contributed by atoms with Gasteiger partial charge in [-0.05, 0) is 12.5 Å². The Morgan fingerprint density at radius 2 is 2.39 bits per heavy atom. The summed E-state index contributed by atoms with van der Waals surface area (Å²) in [6, 6.07) is 1.71. The Hall–Kier alpha value is -2.62. The predicted octanol–water partition coefficient (Wildman–Crippen LogP) is 1.51. The molecule has 1 aromatic rings. The number of anilines is 1. The van der Waals surface area contributed by atoms with Crippen LogP contribution in [0.3, 0.4) is 0 Å². The maximum atomic E-state index is 10.8. The minimum Gasteiger partial charge on any atom is -0.477 e. The van der Waals surface area contributed by atoms with E-state index in [1.165, 1.54) is 0 Å². The van der Waals surface area contributed by atoms with Crippen molar-refractivity contribution in [3.8, 4) is 12.3 Å². The van der Waals surface area contributed by atoms with E-state index in [0.29, 0.717) is 6.42 Å². The van der Waals surface area contributed by atoms with Crippen molar-refractivity contribution in [1.82, 2.24) is 4.98 Å². The molecule has 0 aromatic carbocycles. The van der Waals surface area contributed by atoms with Gasteiger partial charge in [0.2, 0.25) is 5.82 Å². The number of aromatic nitrogens is 1. The molecule has 0 aliphatic heterocycles. The smallest absolute Gasteiger partial charge is 0.354 e. The number of carboxylic acids is 1. The number of carboxylic acid groups (broad SMARTS) is 1. The molecule has 0 spiro atoms. The second-order valence-electron chi connectivity index (χ2n) is 3.40. The van der Waals surface area contributed by atoms with Crippen LogP contribution in [0.5, 0.6) is 0 Å². The first-order chi connectivity index (χ1) is 8.49. The third-order valence-corrected chi connectivity index (χ3v) is 2.21. The normalized spacial score (nSPS) is 11.3. The summed E-state index contributed by atoms with van der Waals surface area (Å²) >= 11 is 0. The number of rotatable bonds is 5. The molecule has 0 saturated carbocycles. The molecular weight excluding hydrogens is 238 g/mol. The van der Waals surface area contributed by atoms with E-state index in [-0.39, 0.29) is 17.2 Å². The number of hydrogen-bond donors (Lipinski definition) is 2. The van der Waals surface area contributed by atoms with Crippen LogP contribution >= 0.6 is 0 Å². The second kappa shape index (κ2) is 5.63. The van der Waals surface area contributed by atoms with Crippen molar-refractivity contribution < 1.29 is 14.8 Å². The van der Waals surface area contributed by atoms with Crippen LogP contribution in [-0.4, -0.2) is 27.0 Å². The van der Waals surface area contributed by atoms with Gasteiger partial charge < -0.3 is 10.4 Å². The zero-order chi connectivity index (χ0) is 13.7. The average molecular weight is 249 g/mol. The van der Waals surface area contributed by atoms with Crippen LogP contribution in [-0.2, 0) is 0 Å². The largest absolute Gasteiger partial charge is 0.477 e. The van der Waals surface area contributed by atoms with E-state index in [0.717, 1.165) is 12.1 Å². The van der Waals surface area contributed by atoms with Gasteiger partial charge in [-0.3, -0.25) is 10.1 Å². The first kappa shape index (κ1) is 13.4. The van der Waals surface area contributed by atoms with Gasteiger partial charge in [-0.25, -0.2) is 9.78 Å². The summed E-state index contributed by atoms with van der Waals surface area (Å²) in [6.07, 6.45) is 5.76. The molecule has 0 saturated heterocycles. The lowest BCUT2D eigenvalue weighted by atomic mass is 10.2. The molecular formula is C11H11N3O4. The topological polar surface area (TPSA) is 105 Å². The summed E-state index contributed by atoms with van der Waals surface area (Å²) in [5.74, 6) is 0.997. The lowest BCUT2D eigenvalue weighted by Gasteiger charge is -2.11. The quantitative estimate of drug-likeness (QED) is 0.465. The Morgan fingerprint density at radius 3 is 2.83 bits per heavy atom. The van der Waals surface area contributed by atoms with Gasteiger partial charge in [0, 0.05) is 6.07 Å². The van der Waals surface area contributed by atoms with Crippen molar-refractivity contribution in [2.75, 3.05) is 5.32 Å². The molecule has 0 aliphatic carbocycles. The van der Waals surface area contributed by atoms with E-state index < -0.39 is 16.9 Å². The first-order valence-corrected chi connectivity index (χ1v) is 5.11. The predicted molar refractivity (Wildman–Crippen MR) is 64.4 cm³/mol. The summed E-state index contributed by atoms with van der Waals surface area (Å²) in [7, 11) is 0. The number of pyridine rings is 1. The molecule has 7 nitrogen and oxygen atoms in total. The summed E-state index contributed by atoms with van der Waals surface area (Å²) in [6.45, 7) is 1.80. The van der Waals surface area contributed by atoms with Gasteiger partial charge in [0.25, 0.3) is 0 Å². The van der Waals surface area contributed by atoms with E-state index in [4.69, 9.17) is 11.5 Å². The van der Waals surface area contributed by atoms with Crippen molar-refractivity contribution in [2.24, 2.45) is 0 Å². The number of nitrogens with zero attached hydrogens (tertiary/aromatic N) is 2. The van der Waals surface area contributed by atoms with Crippen molar-refractivity contribution in [3.63, 3.8) is 0 Å². The average Bonchev–Trinajstić information content (AvgIpc) is 2.35. The van der Waals surface area contributed by atoms with Crippen LogP contribution in [0.15, 0.2) is 12.1 Å². The molecule has 94 valence electrons. The fraction of sp³-hybridized carbons (Fsp3) is 0.273. The highest BCUT2D eigenvalue weighted by molar-refractivity contribution is 5.86. The fourth-order valence-corrected chi connectivity index (χ4v) is 1.25. The highest BCUT2D eigenvalue weighted by Crippen LogP contribution is 2.23. The van der Waals surface area contributed by atoms with Gasteiger partial charge in [-0.2, -0.15) is 0 Å². The second-order valence-corrected chi connectivity index (χ2v) is 3.40. The standard InChI is InChI=1S/C11H11N3O4/c1-3-7(4-2)12-10-9(14(17)18)6-5-8(13-10)11(15)16/h1,5-7H,4H2,2H3,(H,12,13)(H,15,16). The van der Waals surface area contributed by atoms with Gasteiger partial charge in [0.15, 0.2) is 5.69 Å². The molecule has 18 heavy (non-hydrogen) atoms. The fourth-order valence-electron chi connectivity index (χ4n) is 1.25. The first-order valence-electron chi connectivity index (χ1n) is 5.11. The lowest BCUT2D eigenvalue weighted by molar-refractivity contribution is -0.384. The minimum absolute atomic E-state index is 0.135. The zero-order valence-electron chi connectivity index (χ0n) is 9.58. The third-order valence-electron chi connectivity index (χ3n) is 2.21. The van der Waals surface area contributed by atoms with Crippen molar-refractivity contribution in [2.45, 2.75) is 19.4 Å². The SMILES string of the molecule is C#CC(CC)Nc1nc(C(=O)O)ccc1[N+](=O)[O-]. The summed E-state index contributed by atoms with van der Waals surface area (Å²) < 4.78 is 0. The Morgan fingerprint density at radius 1 is 1.72 bits per heavy atom. The van der Waals surface area contributed by atoms with Crippen LogP contribution in [0.4, 0.5) is 11.5 Å². The molecule has 1 heterocycles. The zero-order valence-corrected chi connectivity index (χ0v) is 9.58. The maximum Gasteiger partial charge on any atom is 0.354 e. The Bertz CT molecular complexity index is 522. The van der Waals surface area contributed by atoms with Crippen molar-refractivity contribution in [1.29, 1.82) is 0 Å².